The SMILES string of the molecule is Cc1nc(Cc2ncc(CNC3CC3)s2)cs1. The first kappa shape index (κ1) is 11.3. The summed E-state index contributed by atoms with van der Waals surface area (Å²) in [6, 6.07) is 0.766. The molecule has 90 valence electrons. The molecule has 3 nitrogen and oxygen atoms in total. The monoisotopic (exact) mass is 265 g/mol. The lowest BCUT2D eigenvalue weighted by atomic mass is 10.3. The number of hydrogen-bond acceptors (Lipinski definition) is 5. The number of rotatable bonds is 5. The number of nitrogens with zero attached hydrogens (tertiary/aromatic N) is 2. The lowest BCUT2D eigenvalue weighted by Crippen LogP contribution is -2.14. The average molecular weight is 265 g/mol. The molecule has 2 heterocycles. The van der Waals surface area contributed by atoms with Crippen LogP contribution in [-0.2, 0) is 13.0 Å². The molecule has 0 amide bonds. The zero-order valence-electron chi connectivity index (χ0n) is 9.77. The summed E-state index contributed by atoms with van der Waals surface area (Å²) < 4.78 is 0. The second kappa shape index (κ2) is 4.84. The van der Waals surface area contributed by atoms with Crippen molar-refractivity contribution >= 4 is 22.7 Å². The Hall–Kier alpha value is -0.780. The molecular formula is C12H15N3S2. The van der Waals surface area contributed by atoms with Gasteiger partial charge in [-0.2, -0.15) is 0 Å². The Morgan fingerprint density at radius 2 is 2.35 bits per heavy atom. The van der Waals surface area contributed by atoms with Gasteiger partial charge in [-0.05, 0) is 19.8 Å². The topological polar surface area (TPSA) is 37.8 Å². The van der Waals surface area contributed by atoms with Gasteiger partial charge in [-0.25, -0.2) is 9.97 Å². The van der Waals surface area contributed by atoms with E-state index in [-0.39, 0.29) is 0 Å². The van der Waals surface area contributed by atoms with Gasteiger partial charge in [0.25, 0.3) is 0 Å². The Kier molecular flexibility index (Phi) is 3.22. The first-order valence-corrected chi connectivity index (χ1v) is 7.57. The molecule has 1 aliphatic carbocycles. The van der Waals surface area contributed by atoms with Gasteiger partial charge in [0.1, 0.15) is 0 Å². The van der Waals surface area contributed by atoms with Crippen LogP contribution < -0.4 is 5.32 Å². The highest BCUT2D eigenvalue weighted by molar-refractivity contribution is 7.11. The van der Waals surface area contributed by atoms with Gasteiger partial charge in [0.15, 0.2) is 0 Å². The van der Waals surface area contributed by atoms with Crippen LogP contribution in [0, 0.1) is 6.92 Å². The number of aryl methyl sites for hydroxylation is 1. The molecule has 1 fully saturated rings. The molecule has 0 aliphatic heterocycles. The molecule has 1 aliphatic rings. The molecule has 0 radical (unpaired) electrons. The molecule has 0 unspecified atom stereocenters. The van der Waals surface area contributed by atoms with Crippen LogP contribution in [-0.4, -0.2) is 16.0 Å². The lowest BCUT2D eigenvalue weighted by Gasteiger charge is -1.97. The predicted octanol–water partition coefficient (Wildman–Crippen LogP) is 2.75. The van der Waals surface area contributed by atoms with Crippen molar-refractivity contribution in [2.24, 2.45) is 0 Å². The molecule has 2 aromatic rings. The van der Waals surface area contributed by atoms with Crippen LogP contribution in [0.15, 0.2) is 11.6 Å². The van der Waals surface area contributed by atoms with Gasteiger partial charge in [-0.1, -0.05) is 0 Å². The van der Waals surface area contributed by atoms with E-state index in [1.54, 1.807) is 22.7 Å². The largest absolute Gasteiger partial charge is 0.309 e. The van der Waals surface area contributed by atoms with Crippen molar-refractivity contribution in [1.29, 1.82) is 0 Å². The highest BCUT2D eigenvalue weighted by Crippen LogP contribution is 2.22. The fraction of sp³-hybridized carbons (Fsp3) is 0.500. The Morgan fingerprint density at radius 1 is 1.47 bits per heavy atom. The van der Waals surface area contributed by atoms with Crippen LogP contribution in [0.2, 0.25) is 0 Å². The van der Waals surface area contributed by atoms with Crippen molar-refractivity contribution in [3.8, 4) is 0 Å². The van der Waals surface area contributed by atoms with Gasteiger partial charge in [0.05, 0.1) is 15.7 Å². The van der Waals surface area contributed by atoms with Crippen molar-refractivity contribution in [3.05, 3.63) is 32.2 Å². The van der Waals surface area contributed by atoms with E-state index >= 15 is 0 Å². The van der Waals surface area contributed by atoms with E-state index in [1.807, 2.05) is 13.1 Å². The molecule has 1 saturated carbocycles. The molecule has 0 aromatic carbocycles. The predicted molar refractivity (Wildman–Crippen MR) is 71.6 cm³/mol. The van der Waals surface area contributed by atoms with Crippen molar-refractivity contribution in [2.45, 2.75) is 38.8 Å². The quantitative estimate of drug-likeness (QED) is 0.903. The molecular weight excluding hydrogens is 250 g/mol. The zero-order chi connectivity index (χ0) is 11.7. The summed E-state index contributed by atoms with van der Waals surface area (Å²) in [5.41, 5.74) is 1.14. The molecule has 0 saturated heterocycles. The number of hydrogen-bond donors (Lipinski definition) is 1. The third-order valence-electron chi connectivity index (χ3n) is 2.74. The molecule has 3 rings (SSSR count). The normalized spacial score (nSPS) is 15.4. The van der Waals surface area contributed by atoms with E-state index in [9.17, 15) is 0 Å². The van der Waals surface area contributed by atoms with E-state index in [4.69, 9.17) is 0 Å². The van der Waals surface area contributed by atoms with E-state index in [0.29, 0.717) is 0 Å². The van der Waals surface area contributed by atoms with Crippen molar-refractivity contribution in [3.63, 3.8) is 0 Å². The highest BCUT2D eigenvalue weighted by atomic mass is 32.1. The van der Waals surface area contributed by atoms with Gasteiger partial charge >= 0.3 is 0 Å². The second-order valence-electron chi connectivity index (χ2n) is 4.41. The van der Waals surface area contributed by atoms with Gasteiger partial charge in [0.2, 0.25) is 0 Å². The van der Waals surface area contributed by atoms with Crippen LogP contribution >= 0.6 is 22.7 Å². The van der Waals surface area contributed by atoms with Crippen LogP contribution in [0.25, 0.3) is 0 Å². The van der Waals surface area contributed by atoms with E-state index < -0.39 is 0 Å². The lowest BCUT2D eigenvalue weighted by molar-refractivity contribution is 0.694. The van der Waals surface area contributed by atoms with Gasteiger partial charge in [-0.3, -0.25) is 0 Å². The molecule has 17 heavy (non-hydrogen) atoms. The zero-order valence-corrected chi connectivity index (χ0v) is 11.4. The van der Waals surface area contributed by atoms with Crippen molar-refractivity contribution in [2.75, 3.05) is 0 Å². The van der Waals surface area contributed by atoms with Crippen molar-refractivity contribution < 1.29 is 0 Å². The molecule has 2 aromatic heterocycles. The summed E-state index contributed by atoms with van der Waals surface area (Å²) in [5, 5.41) is 7.94. The van der Waals surface area contributed by atoms with Gasteiger partial charge in [-0.15, -0.1) is 22.7 Å². The Morgan fingerprint density at radius 3 is 3.06 bits per heavy atom. The second-order valence-corrected chi connectivity index (χ2v) is 6.67. The Balaban J connectivity index is 1.59. The van der Waals surface area contributed by atoms with E-state index in [1.165, 1.54) is 22.7 Å². The maximum atomic E-state index is 4.47. The minimum atomic E-state index is 0.766. The molecule has 0 bridgehead atoms. The van der Waals surface area contributed by atoms with E-state index in [0.717, 1.165) is 29.7 Å². The fourth-order valence-corrected chi connectivity index (χ4v) is 3.19. The summed E-state index contributed by atoms with van der Waals surface area (Å²) in [7, 11) is 0. The number of aromatic nitrogens is 2. The van der Waals surface area contributed by atoms with Gasteiger partial charge < -0.3 is 5.32 Å². The first-order valence-electron chi connectivity index (χ1n) is 5.87. The average Bonchev–Trinajstić information content (AvgIpc) is 2.90. The Labute approximate surface area is 109 Å². The van der Waals surface area contributed by atoms with Gasteiger partial charge in [0, 0.05) is 35.5 Å². The fourth-order valence-electron chi connectivity index (χ4n) is 1.69. The summed E-state index contributed by atoms with van der Waals surface area (Å²) in [6.45, 7) is 3.01. The third kappa shape index (κ3) is 3.12. The highest BCUT2D eigenvalue weighted by Gasteiger charge is 2.20. The summed E-state index contributed by atoms with van der Waals surface area (Å²) in [4.78, 5) is 10.3. The summed E-state index contributed by atoms with van der Waals surface area (Å²) in [6.07, 6.45) is 5.54. The smallest absolute Gasteiger partial charge is 0.0988 e. The summed E-state index contributed by atoms with van der Waals surface area (Å²) >= 11 is 3.50. The minimum Gasteiger partial charge on any atom is -0.309 e. The van der Waals surface area contributed by atoms with Crippen LogP contribution in [0.3, 0.4) is 0 Å². The number of thiazole rings is 2. The molecule has 0 atom stereocenters. The standard InChI is InChI=1S/C12H15N3S2/c1-8-15-10(7-16-8)4-12-14-6-11(17-12)5-13-9-2-3-9/h6-7,9,13H,2-5H2,1H3. The number of nitrogens with one attached hydrogen (secondary N) is 1. The molecule has 1 N–H and O–H groups in total. The first-order chi connectivity index (χ1) is 8.29. The van der Waals surface area contributed by atoms with Crippen LogP contribution in [0.4, 0.5) is 0 Å². The van der Waals surface area contributed by atoms with Crippen molar-refractivity contribution in [1.82, 2.24) is 15.3 Å². The Bertz CT molecular complexity index is 499. The van der Waals surface area contributed by atoms with Crippen LogP contribution in [0.1, 0.15) is 33.4 Å². The summed E-state index contributed by atoms with van der Waals surface area (Å²) in [5.74, 6) is 0. The molecule has 5 heteroatoms. The maximum Gasteiger partial charge on any atom is 0.0988 e. The van der Waals surface area contributed by atoms with Crippen LogP contribution in [0.5, 0.6) is 0 Å². The van der Waals surface area contributed by atoms with E-state index in [2.05, 4.69) is 20.7 Å². The minimum absolute atomic E-state index is 0.766. The maximum absolute atomic E-state index is 4.47. The molecule has 0 spiro atoms. The third-order valence-corrected chi connectivity index (χ3v) is 4.56.